The van der Waals surface area contributed by atoms with Gasteiger partial charge in [0.15, 0.2) is 16.7 Å². The largest absolute Gasteiger partial charge is 0.504 e. The van der Waals surface area contributed by atoms with Crippen molar-refractivity contribution in [2.45, 2.75) is 30.8 Å². The summed E-state index contributed by atoms with van der Waals surface area (Å²) in [5, 5.41) is 15.3. The third kappa shape index (κ3) is 4.74. The van der Waals surface area contributed by atoms with E-state index in [0.717, 1.165) is 36.1 Å². The van der Waals surface area contributed by atoms with Gasteiger partial charge in [-0.05, 0) is 55.5 Å². The Morgan fingerprint density at radius 1 is 1.22 bits per heavy atom. The summed E-state index contributed by atoms with van der Waals surface area (Å²) < 4.78 is 6.68. The van der Waals surface area contributed by atoms with E-state index in [1.54, 1.807) is 34.1 Å². The molecular weight excluding hydrogens is 496 g/mol. The quantitative estimate of drug-likeness (QED) is 0.163. The minimum atomic E-state index is -0.363. The second-order valence-electron chi connectivity index (χ2n) is 8.24. The predicted molar refractivity (Wildman–Crippen MR) is 143 cm³/mol. The lowest BCUT2D eigenvalue weighted by Gasteiger charge is -2.13. The standard InChI is InChI=1S/C26H24N4O4S2/c1-34-19-12-7-8-16(23(19)32)14-27-29-21(31)15-35-26-28-24-22(18-11-5-6-13-20(18)36-24)25(33)30(26)17-9-3-2-4-10-17/h2-4,7-10,12,14,32H,5-6,11,13,15H2,1H3,(H,29,31). The number of phenolic OH excluding ortho intramolecular Hbond substituents is 1. The van der Waals surface area contributed by atoms with Gasteiger partial charge in [-0.3, -0.25) is 14.2 Å². The maximum Gasteiger partial charge on any atom is 0.267 e. The normalized spacial score (nSPS) is 13.1. The molecule has 2 aromatic carbocycles. The molecule has 0 bridgehead atoms. The number of hydrogen-bond acceptors (Lipinski definition) is 8. The maximum absolute atomic E-state index is 13.7. The summed E-state index contributed by atoms with van der Waals surface area (Å²) in [5.41, 5.74) is 4.62. The maximum atomic E-state index is 13.7. The van der Waals surface area contributed by atoms with Crippen LogP contribution in [0.5, 0.6) is 11.5 Å². The van der Waals surface area contributed by atoms with Gasteiger partial charge in [0.2, 0.25) is 0 Å². The summed E-state index contributed by atoms with van der Waals surface area (Å²) in [4.78, 5) is 33.0. The number of aromatic hydroxyl groups is 1. The average molecular weight is 521 g/mol. The number of thiophene rings is 1. The van der Waals surface area contributed by atoms with Crippen molar-refractivity contribution in [1.82, 2.24) is 15.0 Å². The van der Waals surface area contributed by atoms with Gasteiger partial charge in [-0.2, -0.15) is 5.10 Å². The van der Waals surface area contributed by atoms with Crippen molar-refractivity contribution < 1.29 is 14.6 Å². The first-order valence-corrected chi connectivity index (χ1v) is 13.3. The van der Waals surface area contributed by atoms with Crippen LogP contribution in [0.4, 0.5) is 0 Å². The molecule has 0 aliphatic heterocycles. The molecule has 5 rings (SSSR count). The Hall–Kier alpha value is -3.63. The molecule has 36 heavy (non-hydrogen) atoms. The molecule has 8 nitrogen and oxygen atoms in total. The minimum Gasteiger partial charge on any atom is -0.504 e. The van der Waals surface area contributed by atoms with E-state index < -0.39 is 0 Å². The molecular formula is C26H24N4O4S2. The monoisotopic (exact) mass is 520 g/mol. The zero-order valence-electron chi connectivity index (χ0n) is 19.6. The number of rotatable bonds is 7. The number of carbonyl (C=O) groups excluding carboxylic acids is 1. The SMILES string of the molecule is COc1cccc(C=NNC(=O)CSc2nc3sc4c(c3c(=O)n2-c2ccccc2)CCCC4)c1O. The van der Waals surface area contributed by atoms with Gasteiger partial charge in [-0.1, -0.05) is 36.0 Å². The summed E-state index contributed by atoms with van der Waals surface area (Å²) in [6.07, 6.45) is 5.43. The molecule has 0 unspecified atom stereocenters. The fraction of sp³-hybridized carbons (Fsp3) is 0.231. The summed E-state index contributed by atoms with van der Waals surface area (Å²) in [7, 11) is 1.46. The van der Waals surface area contributed by atoms with Crippen LogP contribution in [0.1, 0.15) is 28.8 Å². The average Bonchev–Trinajstić information content (AvgIpc) is 3.27. The second-order valence-corrected chi connectivity index (χ2v) is 10.3. The number of para-hydroxylation sites is 2. The number of fused-ring (bicyclic) bond motifs is 3. The van der Waals surface area contributed by atoms with E-state index in [1.165, 1.54) is 30.0 Å². The van der Waals surface area contributed by atoms with Gasteiger partial charge >= 0.3 is 0 Å². The summed E-state index contributed by atoms with van der Waals surface area (Å²) in [6, 6.07) is 14.4. The summed E-state index contributed by atoms with van der Waals surface area (Å²) >= 11 is 2.77. The Morgan fingerprint density at radius 3 is 2.83 bits per heavy atom. The predicted octanol–water partition coefficient (Wildman–Crippen LogP) is 4.28. The molecule has 1 amide bonds. The Labute approximate surface area is 215 Å². The van der Waals surface area contributed by atoms with Crippen molar-refractivity contribution in [2.24, 2.45) is 5.10 Å². The number of benzene rings is 2. The molecule has 10 heteroatoms. The van der Waals surface area contributed by atoms with Crippen LogP contribution in [0.15, 0.2) is 63.6 Å². The molecule has 0 saturated heterocycles. The number of phenols is 1. The lowest BCUT2D eigenvalue weighted by Crippen LogP contribution is -2.24. The lowest BCUT2D eigenvalue weighted by molar-refractivity contribution is -0.118. The zero-order valence-corrected chi connectivity index (χ0v) is 21.2. The number of aromatic nitrogens is 2. The molecule has 0 atom stereocenters. The number of aryl methyl sites for hydroxylation is 2. The number of methoxy groups -OCH3 is 1. The summed E-state index contributed by atoms with van der Waals surface area (Å²) in [6.45, 7) is 0. The van der Waals surface area contributed by atoms with Gasteiger partial charge < -0.3 is 9.84 Å². The van der Waals surface area contributed by atoms with Crippen LogP contribution in [-0.2, 0) is 17.6 Å². The van der Waals surface area contributed by atoms with Crippen molar-refractivity contribution in [3.8, 4) is 17.2 Å². The van der Waals surface area contributed by atoms with Crippen molar-refractivity contribution in [2.75, 3.05) is 12.9 Å². The number of hydrazone groups is 1. The Balaban J connectivity index is 1.40. The van der Waals surface area contributed by atoms with Crippen LogP contribution in [0.25, 0.3) is 15.9 Å². The van der Waals surface area contributed by atoms with Gasteiger partial charge in [-0.15, -0.1) is 11.3 Å². The molecule has 2 heterocycles. The smallest absolute Gasteiger partial charge is 0.267 e. The van der Waals surface area contributed by atoms with Crippen LogP contribution in [0.2, 0.25) is 0 Å². The Kier molecular flexibility index (Phi) is 7.06. The van der Waals surface area contributed by atoms with Crippen LogP contribution >= 0.6 is 23.1 Å². The molecule has 1 aliphatic carbocycles. The van der Waals surface area contributed by atoms with E-state index in [2.05, 4.69) is 10.5 Å². The number of nitrogens with zero attached hydrogens (tertiary/aromatic N) is 3. The highest BCUT2D eigenvalue weighted by Crippen LogP contribution is 2.35. The van der Waals surface area contributed by atoms with Crippen LogP contribution in [0, 0.1) is 0 Å². The number of nitrogens with one attached hydrogen (secondary N) is 1. The zero-order chi connectivity index (χ0) is 25.1. The molecule has 0 saturated carbocycles. The molecule has 2 aromatic heterocycles. The fourth-order valence-corrected chi connectivity index (χ4v) is 6.34. The number of ether oxygens (including phenoxy) is 1. The first-order valence-electron chi connectivity index (χ1n) is 11.5. The molecule has 184 valence electrons. The van der Waals surface area contributed by atoms with Gasteiger partial charge in [-0.25, -0.2) is 10.4 Å². The third-order valence-corrected chi connectivity index (χ3v) is 8.07. The highest BCUT2D eigenvalue weighted by Gasteiger charge is 2.23. The van der Waals surface area contributed by atoms with Gasteiger partial charge in [0.25, 0.3) is 11.5 Å². The van der Waals surface area contributed by atoms with E-state index >= 15 is 0 Å². The van der Waals surface area contributed by atoms with Crippen LogP contribution < -0.4 is 15.7 Å². The number of hydrogen-bond donors (Lipinski definition) is 2. The van der Waals surface area contributed by atoms with E-state index in [-0.39, 0.29) is 23.0 Å². The van der Waals surface area contributed by atoms with Crippen molar-refractivity contribution in [3.63, 3.8) is 0 Å². The van der Waals surface area contributed by atoms with E-state index in [0.29, 0.717) is 27.5 Å². The molecule has 0 fully saturated rings. The molecule has 1 aliphatic rings. The van der Waals surface area contributed by atoms with E-state index in [4.69, 9.17) is 9.72 Å². The molecule has 0 radical (unpaired) electrons. The highest BCUT2D eigenvalue weighted by atomic mass is 32.2. The first-order chi connectivity index (χ1) is 17.6. The van der Waals surface area contributed by atoms with Gasteiger partial charge in [0.05, 0.1) is 30.2 Å². The fourth-order valence-electron chi connectivity index (χ4n) is 4.23. The van der Waals surface area contributed by atoms with E-state index in [9.17, 15) is 14.7 Å². The Bertz CT molecular complexity index is 1510. The number of carbonyl (C=O) groups is 1. The lowest BCUT2D eigenvalue weighted by atomic mass is 9.97. The summed E-state index contributed by atoms with van der Waals surface area (Å²) in [5.74, 6) is -0.0954. The highest BCUT2D eigenvalue weighted by molar-refractivity contribution is 7.99. The first kappa shape index (κ1) is 24.1. The van der Waals surface area contributed by atoms with Crippen molar-refractivity contribution >= 4 is 45.4 Å². The second kappa shape index (κ2) is 10.5. The third-order valence-electron chi connectivity index (χ3n) is 5.95. The van der Waals surface area contributed by atoms with E-state index in [1.807, 2.05) is 30.3 Å². The number of amides is 1. The van der Waals surface area contributed by atoms with Gasteiger partial charge in [0, 0.05) is 10.4 Å². The Morgan fingerprint density at radius 2 is 2.03 bits per heavy atom. The van der Waals surface area contributed by atoms with Crippen LogP contribution in [-0.4, -0.2) is 39.6 Å². The van der Waals surface area contributed by atoms with Crippen LogP contribution in [0.3, 0.4) is 0 Å². The minimum absolute atomic E-state index is 0.0112. The number of thioether (sulfide) groups is 1. The molecule has 4 aromatic rings. The van der Waals surface area contributed by atoms with Crippen molar-refractivity contribution in [1.29, 1.82) is 0 Å². The topological polar surface area (TPSA) is 106 Å². The van der Waals surface area contributed by atoms with Gasteiger partial charge in [0.1, 0.15) is 4.83 Å². The van der Waals surface area contributed by atoms with Crippen molar-refractivity contribution in [3.05, 3.63) is 74.9 Å². The molecule has 0 spiro atoms. The molecule has 2 N–H and O–H groups in total.